The summed E-state index contributed by atoms with van der Waals surface area (Å²) in [6.45, 7) is 9.31. The van der Waals surface area contributed by atoms with E-state index in [1.165, 1.54) is 12.1 Å². The minimum Gasteiger partial charge on any atom is -0.379 e. The Morgan fingerprint density at radius 1 is 1.09 bits per heavy atom. The molecule has 0 spiro atoms. The summed E-state index contributed by atoms with van der Waals surface area (Å²) in [4.78, 5) is 13.1. The van der Waals surface area contributed by atoms with Crippen molar-refractivity contribution in [2.24, 2.45) is 0 Å². The number of pyridine rings is 1. The normalized spacial score (nSPS) is 12.2. The molecule has 3 rings (SSSR count). The van der Waals surface area contributed by atoms with Crippen LogP contribution in [0.15, 0.2) is 47.5 Å². The molecule has 2 heterocycles. The second-order valence-corrected chi connectivity index (χ2v) is 10.2. The minimum absolute atomic E-state index is 0.145. The molecule has 0 amide bonds. The molecule has 0 radical (unpaired) electrons. The van der Waals surface area contributed by atoms with Crippen LogP contribution in [0.2, 0.25) is 0 Å². The first-order valence-electron chi connectivity index (χ1n) is 11.2. The molecule has 12 heteroatoms. The number of nitro groups is 1. The summed E-state index contributed by atoms with van der Waals surface area (Å²) in [5, 5.41) is 22.9. The number of sulfonamides is 1. The molecule has 184 valence electrons. The Hall–Kier alpha value is -3.09. The van der Waals surface area contributed by atoms with Crippen molar-refractivity contribution in [2.75, 3.05) is 25.0 Å². The smallest absolute Gasteiger partial charge is 0.293 e. The van der Waals surface area contributed by atoms with Gasteiger partial charge in [0.1, 0.15) is 11.5 Å². The molecule has 2 aromatic heterocycles. The van der Waals surface area contributed by atoms with Crippen molar-refractivity contribution in [3.63, 3.8) is 0 Å². The van der Waals surface area contributed by atoms with Crippen molar-refractivity contribution in [1.29, 1.82) is 0 Å². The third-order valence-corrected chi connectivity index (χ3v) is 6.97. The van der Waals surface area contributed by atoms with E-state index in [2.05, 4.69) is 52.8 Å². The van der Waals surface area contributed by atoms with Crippen molar-refractivity contribution in [3.8, 4) is 0 Å². The zero-order valence-corrected chi connectivity index (χ0v) is 20.6. The molecule has 34 heavy (non-hydrogen) atoms. The number of hydrogen-bond donors (Lipinski definition) is 2. The fourth-order valence-corrected chi connectivity index (χ4v) is 4.90. The van der Waals surface area contributed by atoms with E-state index in [9.17, 15) is 18.5 Å². The van der Waals surface area contributed by atoms with E-state index in [0.29, 0.717) is 25.3 Å². The van der Waals surface area contributed by atoms with Crippen LogP contribution in [0.3, 0.4) is 0 Å². The van der Waals surface area contributed by atoms with Gasteiger partial charge in [-0.2, -0.15) is 0 Å². The second kappa shape index (κ2) is 10.9. The average molecular weight is 490 g/mol. The van der Waals surface area contributed by atoms with Gasteiger partial charge in [-0.3, -0.25) is 19.4 Å². The third kappa shape index (κ3) is 6.07. The Morgan fingerprint density at radius 3 is 2.50 bits per heavy atom. The summed E-state index contributed by atoms with van der Waals surface area (Å²) < 4.78 is 29.9. The molecule has 0 fully saturated rings. The van der Waals surface area contributed by atoms with Gasteiger partial charge in [0.25, 0.3) is 5.69 Å². The highest BCUT2D eigenvalue weighted by molar-refractivity contribution is 7.89. The zero-order valence-electron chi connectivity index (χ0n) is 19.8. The molecule has 0 aliphatic carbocycles. The maximum Gasteiger partial charge on any atom is 0.293 e. The van der Waals surface area contributed by atoms with Gasteiger partial charge >= 0.3 is 0 Å². The lowest BCUT2D eigenvalue weighted by Crippen LogP contribution is -2.42. The van der Waals surface area contributed by atoms with Gasteiger partial charge in [-0.15, -0.1) is 10.2 Å². The lowest BCUT2D eigenvalue weighted by molar-refractivity contribution is -0.384. The summed E-state index contributed by atoms with van der Waals surface area (Å²) in [5.74, 6) is 0.714. The number of nitrogens with zero attached hydrogens (tertiary/aromatic N) is 5. The predicted octanol–water partition coefficient (Wildman–Crippen LogP) is 2.69. The predicted molar refractivity (Wildman–Crippen MR) is 130 cm³/mol. The number of benzene rings is 1. The Labute approximate surface area is 199 Å². The van der Waals surface area contributed by atoms with Crippen LogP contribution >= 0.6 is 0 Å². The molecule has 0 bridgehead atoms. The number of anilines is 1. The average Bonchev–Trinajstić information content (AvgIpc) is 3.19. The third-order valence-electron chi connectivity index (χ3n) is 5.51. The van der Waals surface area contributed by atoms with Crippen LogP contribution in [0.5, 0.6) is 0 Å². The van der Waals surface area contributed by atoms with Crippen molar-refractivity contribution < 1.29 is 13.3 Å². The van der Waals surface area contributed by atoms with Crippen LogP contribution in [-0.2, 0) is 16.4 Å². The summed E-state index contributed by atoms with van der Waals surface area (Å²) >= 11 is 0. The van der Waals surface area contributed by atoms with Crippen molar-refractivity contribution in [2.45, 2.75) is 51.1 Å². The summed E-state index contributed by atoms with van der Waals surface area (Å²) in [6.07, 6.45) is 2.33. The summed E-state index contributed by atoms with van der Waals surface area (Å²) in [6, 6.07) is 9.98. The lowest BCUT2D eigenvalue weighted by Gasteiger charge is -2.30. The van der Waals surface area contributed by atoms with Crippen LogP contribution in [0, 0.1) is 10.1 Å². The van der Waals surface area contributed by atoms with E-state index in [4.69, 9.17) is 0 Å². The van der Waals surface area contributed by atoms with Crippen molar-refractivity contribution >= 4 is 27.0 Å². The van der Waals surface area contributed by atoms with Gasteiger partial charge in [0.2, 0.25) is 10.0 Å². The molecule has 0 aliphatic rings. The summed E-state index contributed by atoms with van der Waals surface area (Å²) in [7, 11) is -3.89. The molecule has 0 saturated carbocycles. The molecule has 0 saturated heterocycles. The zero-order chi connectivity index (χ0) is 24.9. The Kier molecular flexibility index (Phi) is 8.18. The van der Waals surface area contributed by atoms with Crippen LogP contribution < -0.4 is 10.0 Å². The van der Waals surface area contributed by atoms with Gasteiger partial charge in [-0.1, -0.05) is 6.07 Å². The number of fused-ring (bicyclic) bond motifs is 1. The second-order valence-electron chi connectivity index (χ2n) is 8.48. The number of nitro benzene ring substituents is 1. The molecule has 3 aromatic rings. The fourth-order valence-electron chi connectivity index (χ4n) is 3.85. The quantitative estimate of drug-likeness (QED) is 0.293. The highest BCUT2D eigenvalue weighted by Gasteiger charge is 2.22. The molecule has 0 unspecified atom stereocenters. The maximum absolute atomic E-state index is 12.7. The van der Waals surface area contributed by atoms with Crippen LogP contribution in [0.1, 0.15) is 33.5 Å². The fraction of sp³-hybridized carbons (Fsp3) is 0.455. The Bertz CT molecular complexity index is 1230. The molecule has 0 atom stereocenters. The van der Waals surface area contributed by atoms with Gasteiger partial charge in [0, 0.05) is 50.4 Å². The van der Waals surface area contributed by atoms with Crippen molar-refractivity contribution in [1.82, 2.24) is 24.2 Å². The van der Waals surface area contributed by atoms with E-state index in [-0.39, 0.29) is 34.9 Å². The first-order chi connectivity index (χ1) is 16.1. The molecular weight excluding hydrogens is 458 g/mol. The number of nitrogens with one attached hydrogen (secondary N) is 2. The topological polar surface area (TPSA) is 135 Å². The number of rotatable bonds is 12. The van der Waals surface area contributed by atoms with E-state index in [1.807, 2.05) is 28.8 Å². The maximum atomic E-state index is 12.7. The Balaban J connectivity index is 1.67. The highest BCUT2D eigenvalue weighted by atomic mass is 32.2. The molecule has 0 aliphatic heterocycles. The van der Waals surface area contributed by atoms with E-state index in [0.717, 1.165) is 11.7 Å². The van der Waals surface area contributed by atoms with Gasteiger partial charge in [0.05, 0.1) is 9.82 Å². The van der Waals surface area contributed by atoms with Gasteiger partial charge in [-0.05, 0) is 52.0 Å². The largest absolute Gasteiger partial charge is 0.379 e. The Morgan fingerprint density at radius 2 is 1.82 bits per heavy atom. The first-order valence-corrected chi connectivity index (χ1v) is 12.6. The van der Waals surface area contributed by atoms with E-state index in [1.54, 1.807) is 0 Å². The van der Waals surface area contributed by atoms with E-state index >= 15 is 0 Å². The minimum atomic E-state index is -3.89. The standard InChI is InChI=1S/C22H31N7O4S/c1-16(2)27(17(3)4)14-12-24-34(32,33)18-8-9-19(20(15-18)29(30)31)23-11-10-22-26-25-21-7-5-6-13-28(21)22/h5-9,13,15-17,23-24H,10-12,14H2,1-4H3. The van der Waals surface area contributed by atoms with E-state index < -0.39 is 14.9 Å². The SMILES string of the molecule is CC(C)N(CCNS(=O)(=O)c1ccc(NCCc2nnc3ccccn23)c([N+](=O)[O-])c1)C(C)C. The lowest BCUT2D eigenvalue weighted by atomic mass is 10.2. The molecular formula is C22H31N7O4S. The monoisotopic (exact) mass is 489 g/mol. The number of aromatic nitrogens is 3. The molecule has 11 nitrogen and oxygen atoms in total. The summed E-state index contributed by atoms with van der Waals surface area (Å²) in [5.41, 5.74) is 0.652. The number of hydrogen-bond acceptors (Lipinski definition) is 8. The first kappa shape index (κ1) is 25.5. The van der Waals surface area contributed by atoms with Gasteiger partial charge in [0.15, 0.2) is 5.65 Å². The molecule has 1 aromatic carbocycles. The van der Waals surface area contributed by atoms with Crippen LogP contribution in [0.4, 0.5) is 11.4 Å². The van der Waals surface area contributed by atoms with Gasteiger partial charge < -0.3 is 5.32 Å². The molecule has 2 N–H and O–H groups in total. The highest BCUT2D eigenvalue weighted by Crippen LogP contribution is 2.27. The van der Waals surface area contributed by atoms with Crippen molar-refractivity contribution in [3.05, 3.63) is 58.5 Å². The van der Waals surface area contributed by atoms with Crippen LogP contribution in [-0.4, -0.2) is 64.6 Å². The van der Waals surface area contributed by atoms with Gasteiger partial charge in [-0.25, -0.2) is 13.1 Å². The van der Waals surface area contributed by atoms with Crippen LogP contribution in [0.25, 0.3) is 5.65 Å².